The van der Waals surface area contributed by atoms with E-state index in [9.17, 15) is 9.18 Å². The molecule has 0 aliphatic carbocycles. The monoisotopic (exact) mass is 404 g/mol. The molecule has 2 atom stereocenters. The SMILES string of the molecule is O=C(O)[C@@H]1C[C@H](n2nnc(-c3ccc(Oc4ncc(Cl)cc4F)cc3)n2)CN1. The first kappa shape index (κ1) is 18.3. The Labute approximate surface area is 163 Å². The zero-order valence-electron chi connectivity index (χ0n) is 14.3. The second kappa shape index (κ2) is 7.49. The fourth-order valence-corrected chi connectivity index (χ4v) is 2.98. The predicted molar refractivity (Wildman–Crippen MR) is 95.6 cm³/mol. The molecule has 1 aromatic carbocycles. The molecule has 0 amide bonds. The number of carboxylic acid groups (broad SMARTS) is 1. The van der Waals surface area contributed by atoms with Crippen molar-refractivity contribution >= 4 is 17.6 Å². The highest BCUT2D eigenvalue weighted by Crippen LogP contribution is 2.26. The van der Waals surface area contributed by atoms with E-state index in [0.717, 1.165) is 6.07 Å². The number of carbonyl (C=O) groups is 1. The van der Waals surface area contributed by atoms with Gasteiger partial charge in [-0.1, -0.05) is 11.6 Å². The third-order valence-electron chi connectivity index (χ3n) is 4.26. The Balaban J connectivity index is 1.46. The molecule has 2 N–H and O–H groups in total. The molecule has 1 saturated heterocycles. The molecule has 1 fully saturated rings. The van der Waals surface area contributed by atoms with Gasteiger partial charge < -0.3 is 15.2 Å². The second-order valence-electron chi connectivity index (χ2n) is 6.19. The molecule has 3 aromatic rings. The maximum atomic E-state index is 13.8. The van der Waals surface area contributed by atoms with Crippen molar-refractivity contribution in [2.24, 2.45) is 0 Å². The molecule has 0 spiro atoms. The number of aromatic nitrogens is 5. The van der Waals surface area contributed by atoms with Gasteiger partial charge in [-0.2, -0.15) is 4.80 Å². The number of halogens is 2. The highest BCUT2D eigenvalue weighted by molar-refractivity contribution is 6.30. The van der Waals surface area contributed by atoms with E-state index in [4.69, 9.17) is 21.4 Å². The highest BCUT2D eigenvalue weighted by atomic mass is 35.5. The van der Waals surface area contributed by atoms with Crippen LogP contribution < -0.4 is 10.1 Å². The number of nitrogens with one attached hydrogen (secondary N) is 1. The van der Waals surface area contributed by atoms with Gasteiger partial charge in [0.2, 0.25) is 5.82 Å². The van der Waals surface area contributed by atoms with Crippen LogP contribution in [-0.4, -0.2) is 48.9 Å². The number of rotatable bonds is 5. The minimum Gasteiger partial charge on any atom is -0.480 e. The summed E-state index contributed by atoms with van der Waals surface area (Å²) in [7, 11) is 0. The molecule has 0 bridgehead atoms. The Morgan fingerprint density at radius 3 is 2.82 bits per heavy atom. The molecule has 11 heteroatoms. The molecular weight excluding hydrogens is 391 g/mol. The fraction of sp³-hybridized carbons (Fsp3) is 0.235. The molecule has 0 radical (unpaired) electrons. The molecule has 0 unspecified atom stereocenters. The van der Waals surface area contributed by atoms with Crippen LogP contribution in [0.3, 0.4) is 0 Å². The Kier molecular flexibility index (Phi) is 4.88. The van der Waals surface area contributed by atoms with Gasteiger partial charge in [0.15, 0.2) is 5.82 Å². The van der Waals surface area contributed by atoms with E-state index in [0.29, 0.717) is 30.1 Å². The van der Waals surface area contributed by atoms with Crippen molar-refractivity contribution in [3.8, 4) is 23.0 Å². The van der Waals surface area contributed by atoms with E-state index in [-0.39, 0.29) is 16.9 Å². The minimum atomic E-state index is -0.898. The van der Waals surface area contributed by atoms with Crippen molar-refractivity contribution in [1.82, 2.24) is 30.5 Å². The smallest absolute Gasteiger partial charge is 0.320 e. The maximum absolute atomic E-state index is 13.8. The number of nitrogens with zero attached hydrogens (tertiary/aromatic N) is 5. The molecule has 3 heterocycles. The van der Waals surface area contributed by atoms with Gasteiger partial charge in [0.1, 0.15) is 11.8 Å². The van der Waals surface area contributed by atoms with Gasteiger partial charge in [-0.3, -0.25) is 4.79 Å². The average Bonchev–Trinajstić information content (AvgIpc) is 3.34. The summed E-state index contributed by atoms with van der Waals surface area (Å²) >= 11 is 5.67. The summed E-state index contributed by atoms with van der Waals surface area (Å²) < 4.78 is 19.2. The van der Waals surface area contributed by atoms with E-state index in [1.54, 1.807) is 24.3 Å². The fourth-order valence-electron chi connectivity index (χ4n) is 2.84. The number of benzene rings is 1. The number of ether oxygens (including phenoxy) is 1. The van der Waals surface area contributed by atoms with Gasteiger partial charge in [-0.25, -0.2) is 9.37 Å². The first-order valence-electron chi connectivity index (χ1n) is 8.34. The third-order valence-corrected chi connectivity index (χ3v) is 4.47. The van der Waals surface area contributed by atoms with E-state index in [1.807, 2.05) is 0 Å². The van der Waals surface area contributed by atoms with Gasteiger partial charge in [-0.15, -0.1) is 10.2 Å². The predicted octanol–water partition coefficient (Wildman–Crippen LogP) is 2.31. The van der Waals surface area contributed by atoms with Crippen LogP contribution in [0.15, 0.2) is 36.5 Å². The Morgan fingerprint density at radius 1 is 1.36 bits per heavy atom. The lowest BCUT2D eigenvalue weighted by Gasteiger charge is -2.06. The van der Waals surface area contributed by atoms with E-state index in [1.165, 1.54) is 11.0 Å². The van der Waals surface area contributed by atoms with Crippen LogP contribution in [0.4, 0.5) is 4.39 Å². The molecule has 144 valence electrons. The molecular formula is C17H14ClFN6O3. The van der Waals surface area contributed by atoms with Crippen LogP contribution >= 0.6 is 11.6 Å². The van der Waals surface area contributed by atoms with Crippen LogP contribution in [0.25, 0.3) is 11.4 Å². The molecule has 9 nitrogen and oxygen atoms in total. The number of pyridine rings is 1. The number of hydrogen-bond acceptors (Lipinski definition) is 7. The largest absolute Gasteiger partial charge is 0.480 e. The molecule has 0 saturated carbocycles. The summed E-state index contributed by atoms with van der Waals surface area (Å²) in [5.74, 6) is -0.964. The van der Waals surface area contributed by atoms with Crippen molar-refractivity contribution in [3.63, 3.8) is 0 Å². The zero-order valence-corrected chi connectivity index (χ0v) is 15.0. The van der Waals surface area contributed by atoms with Crippen molar-refractivity contribution in [1.29, 1.82) is 0 Å². The Hall–Kier alpha value is -3.11. The molecule has 28 heavy (non-hydrogen) atoms. The van der Waals surface area contributed by atoms with E-state index in [2.05, 4.69) is 25.7 Å². The van der Waals surface area contributed by atoms with E-state index >= 15 is 0 Å². The Morgan fingerprint density at radius 2 is 2.14 bits per heavy atom. The van der Waals surface area contributed by atoms with Crippen LogP contribution in [0.1, 0.15) is 12.5 Å². The summed E-state index contributed by atoms with van der Waals surface area (Å²) in [6.07, 6.45) is 1.68. The van der Waals surface area contributed by atoms with Gasteiger partial charge in [-0.05, 0) is 42.0 Å². The summed E-state index contributed by atoms with van der Waals surface area (Å²) in [4.78, 5) is 16.3. The zero-order chi connectivity index (χ0) is 19.7. The van der Waals surface area contributed by atoms with Gasteiger partial charge in [0, 0.05) is 18.3 Å². The summed E-state index contributed by atoms with van der Waals surface area (Å²) in [6, 6.07) is 7.00. The lowest BCUT2D eigenvalue weighted by molar-refractivity contribution is -0.139. The first-order chi connectivity index (χ1) is 13.5. The highest BCUT2D eigenvalue weighted by Gasteiger charge is 2.31. The average molecular weight is 405 g/mol. The summed E-state index contributed by atoms with van der Waals surface area (Å²) in [5.41, 5.74) is 0.684. The summed E-state index contributed by atoms with van der Waals surface area (Å²) in [5, 5.41) is 24.5. The van der Waals surface area contributed by atoms with Crippen LogP contribution in [0, 0.1) is 5.82 Å². The van der Waals surface area contributed by atoms with Gasteiger partial charge in [0.05, 0.1) is 11.1 Å². The number of hydrogen-bond donors (Lipinski definition) is 2. The third kappa shape index (κ3) is 3.78. The van der Waals surface area contributed by atoms with Crippen molar-refractivity contribution < 1.29 is 19.0 Å². The van der Waals surface area contributed by atoms with Crippen molar-refractivity contribution in [2.75, 3.05) is 6.54 Å². The molecule has 1 aliphatic rings. The Bertz CT molecular complexity index is 1010. The van der Waals surface area contributed by atoms with Gasteiger partial charge >= 0.3 is 5.97 Å². The quantitative estimate of drug-likeness (QED) is 0.665. The molecule has 1 aliphatic heterocycles. The number of aliphatic carboxylic acids is 1. The maximum Gasteiger partial charge on any atom is 0.320 e. The summed E-state index contributed by atoms with van der Waals surface area (Å²) in [6.45, 7) is 0.458. The second-order valence-corrected chi connectivity index (χ2v) is 6.63. The van der Waals surface area contributed by atoms with Gasteiger partial charge in [0.25, 0.3) is 5.88 Å². The lowest BCUT2D eigenvalue weighted by Crippen LogP contribution is -2.29. The van der Waals surface area contributed by atoms with Crippen molar-refractivity contribution in [2.45, 2.75) is 18.5 Å². The minimum absolute atomic E-state index is 0.177. The lowest BCUT2D eigenvalue weighted by atomic mass is 10.2. The topological polar surface area (TPSA) is 115 Å². The van der Waals surface area contributed by atoms with Crippen molar-refractivity contribution in [3.05, 3.63) is 47.4 Å². The number of tetrazole rings is 1. The normalized spacial score (nSPS) is 18.9. The van der Waals surface area contributed by atoms with Crippen LogP contribution in [0.5, 0.6) is 11.6 Å². The molecule has 2 aromatic heterocycles. The first-order valence-corrected chi connectivity index (χ1v) is 8.72. The van der Waals surface area contributed by atoms with E-state index < -0.39 is 17.8 Å². The van der Waals surface area contributed by atoms with Crippen LogP contribution in [0.2, 0.25) is 5.02 Å². The number of carboxylic acids is 1. The molecule has 4 rings (SSSR count). The van der Waals surface area contributed by atoms with Crippen LogP contribution in [-0.2, 0) is 4.79 Å². The standard InChI is InChI=1S/C17H14ClFN6O3/c18-10-5-13(19)16(21-7-10)28-12-3-1-9(2-4-12)15-22-24-25(23-15)11-6-14(17(26)27)20-8-11/h1-5,7,11,14,20H,6,8H2,(H,26,27)/t11-,14-/m0/s1.